The van der Waals surface area contributed by atoms with Gasteiger partial charge in [-0.3, -0.25) is 38.4 Å². The Bertz CT molecular complexity index is 4410. The summed E-state index contributed by atoms with van der Waals surface area (Å²) in [5.41, 5.74) is -0.550. The van der Waals surface area contributed by atoms with Crippen LogP contribution < -0.4 is 21.3 Å². The average Bonchev–Trinajstić information content (AvgIpc) is 1.56. The lowest BCUT2D eigenvalue weighted by Crippen LogP contribution is -2.48. The van der Waals surface area contributed by atoms with E-state index in [1.54, 1.807) is 13.8 Å². The molecule has 22 aliphatic rings. The fraction of sp³-hybridized carbons (Fsp3) is 0.875. The van der Waals surface area contributed by atoms with Gasteiger partial charge in [-0.2, -0.15) is 5.26 Å². The van der Waals surface area contributed by atoms with Crippen molar-refractivity contribution in [2.45, 2.75) is 230 Å². The van der Waals surface area contributed by atoms with Crippen LogP contribution in [0.1, 0.15) is 206 Å². The number of rotatable bonds is 23. The number of nitrogens with one attached hydrogen (secondary N) is 4. The van der Waals surface area contributed by atoms with E-state index in [-0.39, 0.29) is 144 Å². The molecule has 724 valence electrons. The van der Waals surface area contributed by atoms with Crippen LogP contribution in [0.15, 0.2) is 0 Å². The third-order valence-corrected chi connectivity index (χ3v) is 42.5. The number of amides is 4. The van der Waals surface area contributed by atoms with Crippen LogP contribution in [0, 0.1) is 283 Å². The predicted octanol–water partition coefficient (Wildman–Crippen LogP) is 10.6. The quantitative estimate of drug-likeness (QED) is 0.0239. The van der Waals surface area contributed by atoms with Crippen LogP contribution in [0.2, 0.25) is 0 Å². The van der Waals surface area contributed by atoms with Gasteiger partial charge in [-0.25, -0.2) is 19.2 Å². The summed E-state index contributed by atoms with van der Waals surface area (Å²) in [5, 5.41) is 37.1. The van der Waals surface area contributed by atoms with Crippen molar-refractivity contribution in [1.82, 2.24) is 21.3 Å². The van der Waals surface area contributed by atoms with Gasteiger partial charge in [-0.1, -0.05) is 83.1 Å². The molecule has 49 unspecified atom stereocenters. The van der Waals surface area contributed by atoms with E-state index in [2.05, 4.69) is 90.5 Å². The van der Waals surface area contributed by atoms with Gasteiger partial charge in [-0.15, -0.1) is 0 Å². The molecule has 0 spiro atoms. The number of nitriles is 1. The van der Waals surface area contributed by atoms with Gasteiger partial charge in [0.25, 0.3) is 0 Å². The molecule has 49 atom stereocenters. The van der Waals surface area contributed by atoms with Gasteiger partial charge in [0.2, 0.25) is 29.7 Å². The van der Waals surface area contributed by atoms with Crippen molar-refractivity contribution in [2.75, 3.05) is 65.9 Å². The molecular weight excluding hydrogens is 1670 g/mol. The van der Waals surface area contributed by atoms with Crippen LogP contribution >= 0.6 is 0 Å². The minimum absolute atomic E-state index is 0.00821. The van der Waals surface area contributed by atoms with Crippen LogP contribution in [-0.4, -0.2) is 172 Å². The van der Waals surface area contributed by atoms with Gasteiger partial charge >= 0.3 is 47.8 Å². The number of aliphatic hydroxyl groups is 2. The molecule has 131 heavy (non-hydrogen) atoms. The van der Waals surface area contributed by atoms with Gasteiger partial charge in [0.15, 0.2) is 6.61 Å². The average molecular weight is 1820 g/mol. The Balaban J connectivity index is 0.000000110. The van der Waals surface area contributed by atoms with E-state index in [1.807, 2.05) is 19.9 Å². The van der Waals surface area contributed by atoms with Crippen LogP contribution in [0.3, 0.4) is 0 Å². The Labute approximate surface area is 773 Å². The molecule has 27 nitrogen and oxygen atoms in total. The summed E-state index contributed by atoms with van der Waals surface area (Å²) in [6.45, 7) is 30.6. The molecule has 20 bridgehead atoms. The highest BCUT2D eigenvalue weighted by atomic mass is 16.6. The maximum Gasteiger partial charge on any atom is 0.348 e. The van der Waals surface area contributed by atoms with E-state index in [0.29, 0.717) is 59.2 Å². The zero-order chi connectivity index (χ0) is 93.0. The van der Waals surface area contributed by atoms with Crippen molar-refractivity contribution < 1.29 is 106 Å². The number of carbonyl (C=O) groups excluding carboxylic acids is 12. The van der Waals surface area contributed by atoms with E-state index in [0.717, 1.165) is 216 Å². The Hall–Kier alpha value is -6.95. The molecule has 20 saturated carbocycles. The summed E-state index contributed by atoms with van der Waals surface area (Å²) in [5.74, 6) is 26.9. The highest BCUT2D eigenvalue weighted by Gasteiger charge is 2.73. The number of ether oxygens (including phenoxy) is 8. The molecular formula is C104H151N5O22. The SMILES string of the molecule is CC(NC(=O)C1CC2CC1C1C3CC(C(C)C3C)C21)C(=O)OC1C(=O)OCC1(C)C.CC(NC(=O)C1CC2CC1C1C3CC(C(C)C3C)C21)C(=O)OCCO.CC1C(C)C2CC1C1C3CC(C(=O)NCC(=O)OCCC#N)C(C3)C21.CC1C(C)C2CC1C1C3CC(C(=O)NCC(=O)OCCO)C(C3)C21.CC1C(C)C2CC1C1C3CC(C(=O)OCC(=O)OC4COC(=O)C4)C(C3)C21. The Kier molecular flexibility index (Phi) is 26.8. The Morgan fingerprint density at radius 3 is 1.06 bits per heavy atom. The molecule has 2 saturated heterocycles. The maximum absolute atomic E-state index is 13.1. The molecule has 0 aromatic heterocycles. The summed E-state index contributed by atoms with van der Waals surface area (Å²) in [6, 6.07) is 0.514. The number of cyclic esters (lactones) is 2. The van der Waals surface area contributed by atoms with Crippen molar-refractivity contribution in [3.05, 3.63) is 0 Å². The van der Waals surface area contributed by atoms with Crippen molar-refractivity contribution in [3.8, 4) is 6.07 Å². The molecule has 22 rings (SSSR count). The molecule has 6 N–H and O–H groups in total. The van der Waals surface area contributed by atoms with Crippen molar-refractivity contribution in [3.63, 3.8) is 0 Å². The minimum Gasteiger partial charge on any atom is -0.463 e. The van der Waals surface area contributed by atoms with E-state index in [4.69, 9.17) is 53.4 Å². The third kappa shape index (κ3) is 16.6. The van der Waals surface area contributed by atoms with Crippen LogP contribution in [0.4, 0.5) is 0 Å². The molecule has 2 heterocycles. The first-order chi connectivity index (χ1) is 62.5. The lowest BCUT2D eigenvalue weighted by Gasteiger charge is -2.43. The standard InChI is InChI=1S/C24H35NO5.C21H28O6.C20H28N2O3.C20H31NO4.C19H29NO4/c1-10-11(2)15-8-14(10)18-13-6-16(19(15)18)17(7-13)21(26)25-12(3)22(27)30-20-23(28)29-9-24(20,4)5;1-9-10(2)14-6-13(9)19-11-3-15(20(14)19)16(4-11)21(24)26-8-18(23)27-12-5-17(22)25-7-12;1-10-11(2)14-8-13(10)18-12-6-15(19(14)18)16(7-12)20(24)22-9-17(23)25-5-3-4-21;1-9-10(2)14-8-13(9)17-12-6-15(18(14)17)16(7-12)19(23)21-11(3)20(24)25-5-4-22;1-9-10(2)13-7-12(9)17-11-5-14(18(13)17)15(6-11)19(23)20-8-16(22)24-4-3-21/h10-20H,6-9H2,1-5H3,(H,25,26);9-16,19-20H,3-8H2,1-2H3;10-16,18-19H,3,5-9H2,1-2H3,(H,22,24);9-18,22H,4-8H2,1-3H3,(H,21,23);9-15,17-18,21H,3-8H2,1-2H3,(H,20,23). The zero-order valence-corrected chi connectivity index (χ0v) is 79.9. The molecule has 0 aromatic carbocycles. The van der Waals surface area contributed by atoms with Gasteiger partial charge in [0.1, 0.15) is 64.3 Å². The number of fused-ring (bicyclic) bond motifs is 45. The molecule has 0 radical (unpaired) electrons. The van der Waals surface area contributed by atoms with Crippen LogP contribution in [0.5, 0.6) is 0 Å². The molecule has 2 aliphatic heterocycles. The smallest absolute Gasteiger partial charge is 0.348 e. The molecule has 27 heteroatoms. The summed E-state index contributed by atoms with van der Waals surface area (Å²) in [7, 11) is 0. The lowest BCUT2D eigenvalue weighted by molar-refractivity contribution is -0.166. The van der Waals surface area contributed by atoms with Crippen LogP contribution in [-0.2, 0) is 95.4 Å². The second-order valence-electron chi connectivity index (χ2n) is 47.6. The molecule has 22 fully saturated rings. The monoisotopic (exact) mass is 1820 g/mol. The summed E-state index contributed by atoms with van der Waals surface area (Å²) in [6.07, 6.45) is 16.5. The Morgan fingerprint density at radius 1 is 0.397 bits per heavy atom. The number of esters is 8. The third-order valence-electron chi connectivity index (χ3n) is 42.5. The van der Waals surface area contributed by atoms with E-state index in [9.17, 15) is 57.5 Å². The highest BCUT2D eigenvalue weighted by Crippen LogP contribution is 2.77. The summed E-state index contributed by atoms with van der Waals surface area (Å²) < 4.78 is 40.3. The number of hydrogen-bond acceptors (Lipinski definition) is 23. The topological polar surface area (TPSA) is 391 Å². The predicted molar refractivity (Wildman–Crippen MR) is 473 cm³/mol. The molecule has 20 aliphatic carbocycles. The minimum atomic E-state index is -0.912. The number of aliphatic hydroxyl groups excluding tert-OH is 2. The van der Waals surface area contributed by atoms with Crippen molar-refractivity contribution in [1.29, 1.82) is 5.26 Å². The summed E-state index contributed by atoms with van der Waals surface area (Å²) in [4.78, 5) is 146. The molecule has 0 aromatic rings. The zero-order valence-electron chi connectivity index (χ0n) is 79.9. The number of hydrogen-bond donors (Lipinski definition) is 6. The maximum atomic E-state index is 13.1. The first kappa shape index (κ1) is 94.4. The number of carbonyl (C=O) groups is 12. The van der Waals surface area contributed by atoms with E-state index < -0.39 is 65.5 Å². The fourth-order valence-electron chi connectivity index (χ4n) is 36.9. The van der Waals surface area contributed by atoms with Gasteiger partial charge in [-0.05, 0) is 347 Å². The van der Waals surface area contributed by atoms with E-state index in [1.165, 1.54) is 57.8 Å². The first-order valence-corrected chi connectivity index (χ1v) is 51.6. The molecule has 4 amide bonds. The van der Waals surface area contributed by atoms with Crippen molar-refractivity contribution in [2.24, 2.45) is 272 Å². The Morgan fingerprint density at radius 2 is 0.725 bits per heavy atom. The second kappa shape index (κ2) is 37.2. The van der Waals surface area contributed by atoms with Crippen LogP contribution in [0.25, 0.3) is 0 Å². The largest absolute Gasteiger partial charge is 0.463 e. The van der Waals surface area contributed by atoms with Gasteiger partial charge < -0.3 is 69.4 Å². The normalized spacial score (nSPS) is 47.8. The fourth-order valence-corrected chi connectivity index (χ4v) is 36.9. The van der Waals surface area contributed by atoms with Gasteiger partial charge in [0.05, 0.1) is 38.0 Å². The second-order valence-corrected chi connectivity index (χ2v) is 47.6. The first-order valence-electron chi connectivity index (χ1n) is 51.6. The highest BCUT2D eigenvalue weighted by molar-refractivity contribution is 5.89. The lowest BCUT2D eigenvalue weighted by atomic mass is 9.62. The van der Waals surface area contributed by atoms with Gasteiger partial charge in [0, 0.05) is 29.1 Å². The van der Waals surface area contributed by atoms with Crippen molar-refractivity contribution >= 4 is 71.4 Å². The number of nitrogens with zero attached hydrogens (tertiary/aromatic N) is 1. The van der Waals surface area contributed by atoms with E-state index >= 15 is 0 Å². The summed E-state index contributed by atoms with van der Waals surface area (Å²) >= 11 is 0.